The molecule has 0 spiro atoms. The number of pyridine rings is 1. The van der Waals surface area contributed by atoms with Crippen LogP contribution in [0.1, 0.15) is 21.6 Å². The number of nitrogens with zero attached hydrogens (tertiary/aromatic N) is 2. The number of benzene rings is 1. The van der Waals surface area contributed by atoms with Gasteiger partial charge in [0.25, 0.3) is 5.91 Å². The first-order chi connectivity index (χ1) is 11.3. The number of aromatic hydroxyl groups is 1. The first-order valence-electron chi connectivity index (χ1n) is 6.95. The van der Waals surface area contributed by atoms with E-state index in [4.69, 9.17) is 0 Å². The van der Waals surface area contributed by atoms with Crippen molar-refractivity contribution in [2.45, 2.75) is 12.7 Å². The van der Waals surface area contributed by atoms with Crippen LogP contribution in [0.5, 0.6) is 5.75 Å². The first-order valence-corrected chi connectivity index (χ1v) is 6.95. The van der Waals surface area contributed by atoms with E-state index in [9.17, 15) is 23.1 Å². The van der Waals surface area contributed by atoms with Gasteiger partial charge in [-0.3, -0.25) is 4.79 Å². The van der Waals surface area contributed by atoms with E-state index >= 15 is 0 Å². The Balaban J connectivity index is 1.69. The molecule has 3 rings (SSSR count). The monoisotopic (exact) mass is 335 g/mol. The van der Waals surface area contributed by atoms with E-state index < -0.39 is 17.6 Å². The van der Waals surface area contributed by atoms with Crippen LogP contribution in [0.4, 0.5) is 13.2 Å². The molecule has 0 radical (unpaired) electrons. The van der Waals surface area contributed by atoms with Gasteiger partial charge in [0.05, 0.1) is 17.8 Å². The molecule has 0 bridgehead atoms. The van der Waals surface area contributed by atoms with Crippen molar-refractivity contribution in [3.63, 3.8) is 0 Å². The summed E-state index contributed by atoms with van der Waals surface area (Å²) >= 11 is 0. The number of halogens is 3. The molecule has 0 unspecified atom stereocenters. The highest BCUT2D eigenvalue weighted by Crippen LogP contribution is 2.29. The van der Waals surface area contributed by atoms with Crippen molar-refractivity contribution < 1.29 is 23.1 Å². The molecule has 0 aliphatic carbocycles. The Bertz CT molecular complexity index is 886. The van der Waals surface area contributed by atoms with Crippen molar-refractivity contribution in [3.05, 3.63) is 65.6 Å². The zero-order valence-corrected chi connectivity index (χ0v) is 12.2. The summed E-state index contributed by atoms with van der Waals surface area (Å²) in [5, 5.41) is 12.2. The van der Waals surface area contributed by atoms with Gasteiger partial charge >= 0.3 is 6.18 Å². The van der Waals surface area contributed by atoms with Crippen LogP contribution in [-0.4, -0.2) is 20.4 Å². The quantitative estimate of drug-likeness (QED) is 0.773. The molecular formula is C16H12F3N3O2. The summed E-state index contributed by atoms with van der Waals surface area (Å²) < 4.78 is 39.1. The minimum Gasteiger partial charge on any atom is -0.504 e. The number of hydrogen-bond acceptors (Lipinski definition) is 3. The summed E-state index contributed by atoms with van der Waals surface area (Å²) in [6.45, 7) is 0.0843. The van der Waals surface area contributed by atoms with Crippen molar-refractivity contribution in [3.8, 4) is 5.75 Å². The predicted octanol–water partition coefficient (Wildman–Crippen LogP) is 2.99. The van der Waals surface area contributed by atoms with Crippen LogP contribution < -0.4 is 5.32 Å². The molecule has 8 heteroatoms. The summed E-state index contributed by atoms with van der Waals surface area (Å²) in [5.41, 5.74) is 0.178. The highest BCUT2D eigenvalue weighted by Gasteiger charge is 2.30. The molecule has 0 atom stereocenters. The van der Waals surface area contributed by atoms with E-state index in [1.807, 2.05) is 0 Å². The second-order valence-electron chi connectivity index (χ2n) is 5.11. The molecule has 24 heavy (non-hydrogen) atoms. The first kappa shape index (κ1) is 15.9. The average Bonchev–Trinajstić information content (AvgIpc) is 2.96. The second kappa shape index (κ2) is 5.88. The Morgan fingerprint density at radius 1 is 1.21 bits per heavy atom. The van der Waals surface area contributed by atoms with Crippen molar-refractivity contribution in [1.29, 1.82) is 0 Å². The minimum atomic E-state index is -4.44. The van der Waals surface area contributed by atoms with Crippen molar-refractivity contribution >= 4 is 11.6 Å². The number of nitrogens with one attached hydrogen (secondary N) is 1. The third kappa shape index (κ3) is 3.17. The summed E-state index contributed by atoms with van der Waals surface area (Å²) in [7, 11) is 0. The van der Waals surface area contributed by atoms with Gasteiger partial charge in [0.2, 0.25) is 0 Å². The number of imidazole rings is 1. The zero-order chi connectivity index (χ0) is 17.3. The van der Waals surface area contributed by atoms with Crippen molar-refractivity contribution in [2.75, 3.05) is 0 Å². The average molecular weight is 335 g/mol. The van der Waals surface area contributed by atoms with Gasteiger partial charge in [-0.1, -0.05) is 0 Å². The van der Waals surface area contributed by atoms with Crippen LogP contribution in [-0.2, 0) is 12.7 Å². The maximum Gasteiger partial charge on any atom is 0.416 e. The highest BCUT2D eigenvalue weighted by molar-refractivity contribution is 5.94. The minimum absolute atomic E-state index is 0.0119. The standard InChI is InChI=1S/C16H12F3N3O2/c17-16(18,19)11-5-3-10(4-6-11)15(24)20-8-12-9-22-7-1-2-13(23)14(22)21-12/h1-7,9,23H,8H2,(H,20,24). The Kier molecular flexibility index (Phi) is 3.88. The predicted molar refractivity (Wildman–Crippen MR) is 79.5 cm³/mol. The summed E-state index contributed by atoms with van der Waals surface area (Å²) in [5.74, 6) is -0.497. The lowest BCUT2D eigenvalue weighted by molar-refractivity contribution is -0.137. The lowest BCUT2D eigenvalue weighted by Gasteiger charge is -2.07. The number of aromatic nitrogens is 2. The van der Waals surface area contributed by atoms with Crippen LogP contribution in [0.3, 0.4) is 0 Å². The van der Waals surface area contributed by atoms with Crippen molar-refractivity contribution in [2.24, 2.45) is 0 Å². The van der Waals surface area contributed by atoms with Crippen molar-refractivity contribution in [1.82, 2.24) is 14.7 Å². The Morgan fingerprint density at radius 2 is 1.92 bits per heavy atom. The van der Waals surface area contributed by atoms with E-state index in [-0.39, 0.29) is 17.9 Å². The van der Waals surface area contributed by atoms with Gasteiger partial charge in [-0.15, -0.1) is 0 Å². The molecule has 2 N–H and O–H groups in total. The summed E-state index contributed by atoms with van der Waals surface area (Å²) in [6.07, 6.45) is -1.10. The SMILES string of the molecule is O=C(NCc1cn2cccc(O)c2n1)c1ccc(C(F)(F)F)cc1. The van der Waals surface area contributed by atoms with Crippen LogP contribution in [0.2, 0.25) is 0 Å². The van der Waals surface area contributed by atoms with Crippen LogP contribution in [0.25, 0.3) is 5.65 Å². The smallest absolute Gasteiger partial charge is 0.416 e. The molecule has 1 amide bonds. The van der Waals surface area contributed by atoms with E-state index in [0.717, 1.165) is 24.3 Å². The number of amides is 1. The zero-order valence-electron chi connectivity index (χ0n) is 12.2. The van der Waals surface area contributed by atoms with Crippen LogP contribution in [0, 0.1) is 0 Å². The Labute approximate surface area is 134 Å². The van der Waals surface area contributed by atoms with E-state index in [0.29, 0.717) is 11.3 Å². The van der Waals surface area contributed by atoms with Gasteiger partial charge in [-0.2, -0.15) is 13.2 Å². The Morgan fingerprint density at radius 3 is 2.54 bits per heavy atom. The third-order valence-electron chi connectivity index (χ3n) is 3.42. The maximum atomic E-state index is 12.5. The molecule has 2 aromatic heterocycles. The van der Waals surface area contributed by atoms with Gasteiger partial charge in [0, 0.05) is 18.0 Å². The number of carbonyl (C=O) groups excluding carboxylic acids is 1. The maximum absolute atomic E-state index is 12.5. The molecule has 0 fully saturated rings. The molecule has 1 aromatic carbocycles. The molecule has 0 aliphatic heterocycles. The van der Waals surface area contributed by atoms with Gasteiger partial charge < -0.3 is 14.8 Å². The lowest BCUT2D eigenvalue weighted by Crippen LogP contribution is -2.23. The topological polar surface area (TPSA) is 66.6 Å². The van der Waals surface area contributed by atoms with Gasteiger partial charge in [0.15, 0.2) is 11.4 Å². The molecule has 124 valence electrons. The molecule has 0 saturated heterocycles. The fourth-order valence-corrected chi connectivity index (χ4v) is 2.22. The largest absolute Gasteiger partial charge is 0.504 e. The number of fused-ring (bicyclic) bond motifs is 1. The Hall–Kier alpha value is -3.03. The van der Waals surface area contributed by atoms with Crippen LogP contribution >= 0.6 is 0 Å². The number of rotatable bonds is 3. The van der Waals surface area contributed by atoms with E-state index in [2.05, 4.69) is 10.3 Å². The molecule has 5 nitrogen and oxygen atoms in total. The number of alkyl halides is 3. The molecule has 0 aliphatic rings. The van der Waals surface area contributed by atoms with Gasteiger partial charge in [-0.25, -0.2) is 4.98 Å². The third-order valence-corrected chi connectivity index (χ3v) is 3.42. The fraction of sp³-hybridized carbons (Fsp3) is 0.125. The van der Waals surface area contributed by atoms with Gasteiger partial charge in [0.1, 0.15) is 0 Å². The normalized spacial score (nSPS) is 11.6. The lowest BCUT2D eigenvalue weighted by atomic mass is 10.1. The van der Waals surface area contributed by atoms with E-state index in [1.165, 1.54) is 6.07 Å². The summed E-state index contributed by atoms with van der Waals surface area (Å²) in [4.78, 5) is 16.2. The molecule has 3 aromatic rings. The fourth-order valence-electron chi connectivity index (χ4n) is 2.22. The summed E-state index contributed by atoms with van der Waals surface area (Å²) in [6, 6.07) is 7.10. The molecule has 2 heterocycles. The molecular weight excluding hydrogens is 323 g/mol. The van der Waals surface area contributed by atoms with Gasteiger partial charge in [-0.05, 0) is 36.4 Å². The van der Waals surface area contributed by atoms with Crippen LogP contribution in [0.15, 0.2) is 48.8 Å². The molecule has 0 saturated carbocycles. The second-order valence-corrected chi connectivity index (χ2v) is 5.11. The van der Waals surface area contributed by atoms with E-state index in [1.54, 1.807) is 22.9 Å². The highest BCUT2D eigenvalue weighted by atomic mass is 19.4. The number of hydrogen-bond donors (Lipinski definition) is 2. The number of carbonyl (C=O) groups is 1.